The molecule has 0 aromatic carbocycles. The lowest BCUT2D eigenvalue weighted by atomic mass is 9.96. The monoisotopic (exact) mass is 2010 g/mol. The van der Waals surface area contributed by atoms with E-state index in [9.17, 15) is 171 Å². The standard InChI is InChI=1S/2C40H70N4O25/c2*1-3-41-21(47)6-4-5-7-22(48)44-17(12-23(49)42-8-10-62-37-31(57)28(54)24(50)16(2)65-37)36(61)43-9-11-63-39-34(60)35(69-40-33(59)30(56)26(52)19(14-46)67-40)27(53)20(68-39)15-64-38-32(58)29(55)25(51)18(13-45)66-38/h2*16-20,24-35,37-40,45-46,50-60H,3-15H2,1-2H3,(H,41,47)(H,42,49)(H,43,61)(H,44,48)/t16-,17-,18+,19+,20+,24+,25+,26+,27+,28+,29-,30-,31-,32-,33-,34+,35-,37+,38-,39-,40+;16-,17-,18+,19+,20+,24+,25+,26+,27+,28+,29-,30-,31-,32-,33-,34-,35-,37+,38-,39-,40+/m00/s1. The number of aliphatic hydroxyl groups is 26. The first-order valence-corrected chi connectivity index (χ1v) is 45.3. The number of rotatable bonds is 50. The average Bonchev–Trinajstić information content (AvgIpc) is 0.784. The molecule has 8 amide bonds. The Morgan fingerprint density at radius 3 is 0.797 bits per heavy atom. The maximum absolute atomic E-state index is 13.5. The molecule has 0 aromatic rings. The van der Waals surface area contributed by atoms with Gasteiger partial charge in [-0.1, -0.05) is 0 Å². The van der Waals surface area contributed by atoms with Gasteiger partial charge in [-0.3, -0.25) is 38.4 Å². The van der Waals surface area contributed by atoms with Crippen molar-refractivity contribution < 1.29 is 247 Å². The van der Waals surface area contributed by atoms with E-state index in [-0.39, 0.29) is 89.7 Å². The molecule has 8 fully saturated rings. The summed E-state index contributed by atoms with van der Waals surface area (Å²) in [6, 6.07) is -2.95. The molecule has 138 heavy (non-hydrogen) atoms. The fraction of sp³-hybridized carbons (Fsp3) is 0.900. The molecule has 0 aromatic heterocycles. The van der Waals surface area contributed by atoms with Gasteiger partial charge in [0.1, 0.15) is 195 Å². The zero-order valence-corrected chi connectivity index (χ0v) is 76.1. The second-order valence-electron chi connectivity index (χ2n) is 33.8. The van der Waals surface area contributed by atoms with Gasteiger partial charge < -0.3 is 251 Å². The summed E-state index contributed by atoms with van der Waals surface area (Å²) in [6.07, 6.45) is -66.5. The second kappa shape index (κ2) is 58.9. The Hall–Kier alpha value is -5.92. The summed E-state index contributed by atoms with van der Waals surface area (Å²) in [5, 5.41) is 288. The van der Waals surface area contributed by atoms with E-state index in [4.69, 9.17) is 75.8 Å². The van der Waals surface area contributed by atoms with Gasteiger partial charge in [0.05, 0.1) is 91.1 Å². The van der Waals surface area contributed by atoms with Crippen molar-refractivity contribution in [1.82, 2.24) is 42.5 Å². The average molecular weight is 2010 g/mol. The van der Waals surface area contributed by atoms with Gasteiger partial charge in [0, 0.05) is 65.0 Å². The molecule has 42 atom stereocenters. The van der Waals surface area contributed by atoms with Crippen LogP contribution < -0.4 is 42.5 Å². The molecule has 0 bridgehead atoms. The number of unbranched alkanes of at least 4 members (excludes halogenated alkanes) is 2. The molecule has 8 saturated heterocycles. The van der Waals surface area contributed by atoms with Crippen molar-refractivity contribution in [2.24, 2.45) is 0 Å². The highest BCUT2D eigenvalue weighted by Crippen LogP contribution is 2.35. The zero-order valence-electron chi connectivity index (χ0n) is 76.1. The van der Waals surface area contributed by atoms with Crippen molar-refractivity contribution in [2.45, 2.75) is 350 Å². The van der Waals surface area contributed by atoms with Crippen LogP contribution >= 0.6 is 0 Å². The third-order valence-electron chi connectivity index (χ3n) is 23.5. The topological polar surface area (TPSA) is 906 Å². The van der Waals surface area contributed by atoms with E-state index >= 15 is 0 Å². The summed E-state index contributed by atoms with van der Waals surface area (Å²) in [5.74, 6) is -4.90. The maximum Gasteiger partial charge on any atom is 0.243 e. The smallest absolute Gasteiger partial charge is 0.243 e. The Morgan fingerprint density at radius 2 is 0.507 bits per heavy atom. The van der Waals surface area contributed by atoms with Crippen LogP contribution in [-0.2, 0) is 114 Å². The Kier molecular flexibility index (Phi) is 50.8. The summed E-state index contributed by atoms with van der Waals surface area (Å²) in [7, 11) is 0. The highest BCUT2D eigenvalue weighted by Gasteiger charge is 2.56. The Labute approximate surface area is 789 Å². The number of carbonyl (C=O) groups is 8. The lowest BCUT2D eigenvalue weighted by Gasteiger charge is -2.46. The molecule has 0 unspecified atom stereocenters. The second-order valence-corrected chi connectivity index (χ2v) is 33.8. The predicted octanol–water partition coefficient (Wildman–Crippen LogP) is -19.8. The molecule has 34 N–H and O–H groups in total. The minimum atomic E-state index is -1.99. The van der Waals surface area contributed by atoms with Crippen molar-refractivity contribution in [2.75, 3.05) is 105 Å². The summed E-state index contributed by atoms with van der Waals surface area (Å²) in [5.41, 5.74) is 0. The van der Waals surface area contributed by atoms with Crippen LogP contribution in [0.25, 0.3) is 0 Å². The quantitative estimate of drug-likeness (QED) is 0.0252. The lowest BCUT2D eigenvalue weighted by Crippen LogP contribution is -2.65. The number of aliphatic hydroxyl groups excluding tert-OH is 26. The first kappa shape index (κ1) is 119. The van der Waals surface area contributed by atoms with Crippen molar-refractivity contribution >= 4 is 47.3 Å². The molecule has 0 radical (unpaired) electrons. The Bertz CT molecular complexity index is 3400. The molecule has 0 saturated carbocycles. The Morgan fingerprint density at radius 1 is 0.261 bits per heavy atom. The fourth-order valence-corrected chi connectivity index (χ4v) is 15.3. The van der Waals surface area contributed by atoms with E-state index in [0.29, 0.717) is 25.9 Å². The van der Waals surface area contributed by atoms with Gasteiger partial charge in [-0.25, -0.2) is 0 Å². The summed E-state index contributed by atoms with van der Waals surface area (Å²) in [6.45, 7) is -0.0216. The molecule has 0 aliphatic carbocycles. The number of ether oxygens (including phenoxy) is 16. The van der Waals surface area contributed by atoms with Crippen LogP contribution in [0, 0.1) is 0 Å². The van der Waals surface area contributed by atoms with E-state index < -0.39 is 359 Å². The minimum Gasteiger partial charge on any atom is -0.394 e. The van der Waals surface area contributed by atoms with Crippen molar-refractivity contribution in [1.29, 1.82) is 0 Å². The highest BCUT2D eigenvalue weighted by atomic mass is 16.8. The van der Waals surface area contributed by atoms with Crippen molar-refractivity contribution in [3.05, 3.63) is 0 Å². The van der Waals surface area contributed by atoms with Crippen LogP contribution in [0.2, 0.25) is 0 Å². The van der Waals surface area contributed by atoms with Gasteiger partial charge in [-0.05, 0) is 53.4 Å². The van der Waals surface area contributed by atoms with E-state index in [2.05, 4.69) is 42.5 Å². The van der Waals surface area contributed by atoms with Gasteiger partial charge in [-0.2, -0.15) is 0 Å². The van der Waals surface area contributed by atoms with Gasteiger partial charge in [0.2, 0.25) is 47.3 Å². The third-order valence-corrected chi connectivity index (χ3v) is 23.5. The van der Waals surface area contributed by atoms with Crippen LogP contribution in [0.15, 0.2) is 0 Å². The molecule has 8 aliphatic rings. The van der Waals surface area contributed by atoms with Crippen LogP contribution in [0.5, 0.6) is 0 Å². The van der Waals surface area contributed by atoms with Crippen molar-refractivity contribution in [3.8, 4) is 0 Å². The minimum absolute atomic E-state index is 0.110. The number of nitrogens with one attached hydrogen (secondary N) is 8. The van der Waals surface area contributed by atoms with Crippen LogP contribution in [-0.4, -0.2) is 543 Å². The summed E-state index contributed by atoms with van der Waals surface area (Å²) >= 11 is 0. The molecule has 800 valence electrons. The first-order chi connectivity index (χ1) is 65.5. The number of hydrogen-bond acceptors (Lipinski definition) is 50. The zero-order chi connectivity index (χ0) is 102. The normalized spacial score (nSPS) is 38.7. The van der Waals surface area contributed by atoms with Crippen LogP contribution in [0.3, 0.4) is 0 Å². The molecular weight excluding hydrogens is 1870 g/mol. The van der Waals surface area contributed by atoms with E-state index in [1.165, 1.54) is 13.8 Å². The number of amides is 8. The van der Waals surface area contributed by atoms with Gasteiger partial charge in [0.25, 0.3) is 0 Å². The molecule has 0 spiro atoms. The van der Waals surface area contributed by atoms with E-state index in [1.54, 1.807) is 13.8 Å². The van der Waals surface area contributed by atoms with Gasteiger partial charge in [-0.15, -0.1) is 0 Å². The van der Waals surface area contributed by atoms with Gasteiger partial charge >= 0.3 is 0 Å². The lowest BCUT2D eigenvalue weighted by molar-refractivity contribution is -0.366. The predicted molar refractivity (Wildman–Crippen MR) is 446 cm³/mol. The molecule has 8 heterocycles. The van der Waals surface area contributed by atoms with Crippen molar-refractivity contribution in [3.63, 3.8) is 0 Å². The van der Waals surface area contributed by atoms with E-state index in [0.717, 1.165) is 0 Å². The molecule has 8 rings (SSSR count). The molecular formula is C80H140N8O50. The summed E-state index contributed by atoms with van der Waals surface area (Å²) < 4.78 is 88.3. The first-order valence-electron chi connectivity index (χ1n) is 45.3. The number of hydrogen-bond donors (Lipinski definition) is 34. The third kappa shape index (κ3) is 34.1. The van der Waals surface area contributed by atoms with Gasteiger partial charge in [0.15, 0.2) is 50.3 Å². The van der Waals surface area contributed by atoms with Crippen LogP contribution in [0.1, 0.15) is 91.9 Å². The molecule has 58 nitrogen and oxygen atoms in total. The number of carbonyl (C=O) groups excluding carboxylic acids is 8. The molecule has 58 heteroatoms. The SMILES string of the molecule is CCNC(=O)CCCCC(=O)N[C@@H](CC(=O)NCCO[C@@H]1O[C@@H](C)[C@@H](O)[C@@H](O)[C@@H]1O)C(=O)NCCO[C@H]1O[C@H](CO[C@H]2O[C@H](CO)[C@@H](O)[C@H](O)[C@@H]2O)[C@@H](O)[C@H](O[C@H]2O[C@H](CO)[C@@H](O)[C@H](O)[C@@H]2O)[C@@H]1O.CCNC(=O)CCCCC(=O)N[C@@H](CC(=O)NCCO[C@@H]1O[C@@H](C)[C@@H](O)[C@@H](O)[C@@H]1O)C(=O)NCCO[C@H]1O[C@H](CO[C@H]2O[C@H](CO)[C@@H](O)[C@H](O)[C@@H]2O)[C@@H](O)[C@H](O[C@H]2O[C@H](CO)[C@@H](O)[C@H](O)[C@@H]2O)[C@H]1O. The van der Waals surface area contributed by atoms with Crippen LogP contribution in [0.4, 0.5) is 0 Å². The largest absolute Gasteiger partial charge is 0.394 e. The highest BCUT2D eigenvalue weighted by molar-refractivity contribution is 5.93. The fourth-order valence-electron chi connectivity index (χ4n) is 15.3. The molecule has 8 aliphatic heterocycles. The Balaban J connectivity index is 0.000000376. The maximum atomic E-state index is 13.5. The van der Waals surface area contributed by atoms with E-state index in [1.807, 2.05) is 0 Å². The summed E-state index contributed by atoms with van der Waals surface area (Å²) in [4.78, 5) is 102.